The predicted octanol–water partition coefficient (Wildman–Crippen LogP) is 0.0645. The molecule has 4 amide bonds. The minimum atomic E-state index is -0.747. The van der Waals surface area contributed by atoms with Crippen LogP contribution in [0, 0.1) is 11.8 Å². The van der Waals surface area contributed by atoms with E-state index in [4.69, 9.17) is 19.9 Å². The molecule has 1 aliphatic heterocycles. The van der Waals surface area contributed by atoms with Crippen LogP contribution < -0.4 is 16.4 Å². The van der Waals surface area contributed by atoms with Crippen molar-refractivity contribution in [3.63, 3.8) is 0 Å². The first-order valence-electron chi connectivity index (χ1n) is 15.5. The molecule has 1 rings (SSSR count). The van der Waals surface area contributed by atoms with Gasteiger partial charge in [-0.25, -0.2) is 0 Å². The Morgan fingerprint density at radius 3 is 2.26 bits per heavy atom. The van der Waals surface area contributed by atoms with Gasteiger partial charge in [0.25, 0.3) is 0 Å². The number of nitrogens with zero attached hydrogens (tertiary/aromatic N) is 3. The van der Waals surface area contributed by atoms with Gasteiger partial charge in [-0.3, -0.25) is 19.2 Å². The van der Waals surface area contributed by atoms with Gasteiger partial charge in [0.15, 0.2) is 0 Å². The van der Waals surface area contributed by atoms with Crippen LogP contribution in [0.15, 0.2) is 0 Å². The minimum Gasteiger partial charge on any atom is -0.379 e. The van der Waals surface area contributed by atoms with Crippen LogP contribution in [-0.2, 0) is 33.4 Å². The van der Waals surface area contributed by atoms with Gasteiger partial charge in [-0.05, 0) is 39.8 Å². The SMILES string of the molecule is CCC(C)C(C(CC(=O)N1CCCC1C(OC)C(C)C(=O)N[C@@H](C)C(=O)NCCOCCN(C)C)OC)N(C)C(=O)CN. The lowest BCUT2D eigenvalue weighted by molar-refractivity contribution is -0.145. The number of carbonyl (C=O) groups excluding carboxylic acids is 4. The first-order chi connectivity index (χ1) is 20.3. The number of carbonyl (C=O) groups is 4. The molecule has 6 unspecified atom stereocenters. The van der Waals surface area contributed by atoms with Gasteiger partial charge in [0.1, 0.15) is 6.04 Å². The maximum absolute atomic E-state index is 13.7. The Morgan fingerprint density at radius 2 is 1.70 bits per heavy atom. The summed E-state index contributed by atoms with van der Waals surface area (Å²) in [6, 6.07) is -1.38. The maximum Gasteiger partial charge on any atom is 0.242 e. The molecule has 13 heteroatoms. The molecule has 250 valence electrons. The third-order valence-corrected chi connectivity index (χ3v) is 8.46. The number of nitrogens with one attached hydrogen (secondary N) is 2. The van der Waals surface area contributed by atoms with Crippen LogP contribution in [0.4, 0.5) is 0 Å². The van der Waals surface area contributed by atoms with E-state index in [0.717, 1.165) is 19.4 Å². The maximum atomic E-state index is 13.7. The second kappa shape index (κ2) is 19.9. The fourth-order valence-electron chi connectivity index (χ4n) is 5.63. The summed E-state index contributed by atoms with van der Waals surface area (Å²) in [5.41, 5.74) is 5.62. The Morgan fingerprint density at radius 1 is 1.02 bits per heavy atom. The number of ether oxygens (including phenoxy) is 3. The van der Waals surface area contributed by atoms with E-state index in [0.29, 0.717) is 32.7 Å². The van der Waals surface area contributed by atoms with Crippen molar-refractivity contribution in [3.8, 4) is 0 Å². The monoisotopic (exact) mass is 614 g/mol. The Kier molecular flexibility index (Phi) is 17.9. The topological polar surface area (TPSA) is 156 Å². The summed E-state index contributed by atoms with van der Waals surface area (Å²) in [5, 5.41) is 5.56. The molecular formula is C30H58N6O7. The van der Waals surface area contributed by atoms with Crippen LogP contribution >= 0.6 is 0 Å². The van der Waals surface area contributed by atoms with Crippen LogP contribution in [0.5, 0.6) is 0 Å². The fraction of sp³-hybridized carbons (Fsp3) is 0.867. The van der Waals surface area contributed by atoms with E-state index in [1.54, 1.807) is 37.8 Å². The molecule has 0 aromatic rings. The number of amides is 4. The molecule has 1 aliphatic rings. The highest BCUT2D eigenvalue weighted by atomic mass is 16.5. The summed E-state index contributed by atoms with van der Waals surface area (Å²) in [5.74, 6) is -1.50. The summed E-state index contributed by atoms with van der Waals surface area (Å²) in [4.78, 5) is 57.2. The highest BCUT2D eigenvalue weighted by molar-refractivity contribution is 5.88. The molecule has 0 aliphatic carbocycles. The van der Waals surface area contributed by atoms with Crippen LogP contribution in [0.2, 0.25) is 0 Å². The molecule has 0 radical (unpaired) electrons. The van der Waals surface area contributed by atoms with E-state index < -0.39 is 24.2 Å². The first kappa shape index (κ1) is 38.7. The second-order valence-corrected chi connectivity index (χ2v) is 11.8. The van der Waals surface area contributed by atoms with Crippen LogP contribution in [0.3, 0.4) is 0 Å². The fourth-order valence-corrected chi connectivity index (χ4v) is 5.63. The van der Waals surface area contributed by atoms with Gasteiger partial charge in [0.2, 0.25) is 23.6 Å². The van der Waals surface area contributed by atoms with E-state index in [9.17, 15) is 19.2 Å². The van der Waals surface area contributed by atoms with Crippen LogP contribution in [-0.4, -0.2) is 143 Å². The Hall–Kier alpha value is -2.32. The Labute approximate surface area is 258 Å². The smallest absolute Gasteiger partial charge is 0.242 e. The van der Waals surface area contributed by atoms with E-state index in [-0.39, 0.29) is 54.6 Å². The molecule has 0 bridgehead atoms. The molecule has 1 fully saturated rings. The largest absolute Gasteiger partial charge is 0.379 e. The van der Waals surface area contributed by atoms with E-state index in [1.165, 1.54) is 7.11 Å². The zero-order chi connectivity index (χ0) is 32.7. The number of hydrogen-bond acceptors (Lipinski definition) is 9. The molecule has 1 heterocycles. The number of methoxy groups -OCH3 is 2. The quantitative estimate of drug-likeness (QED) is 0.162. The van der Waals surface area contributed by atoms with E-state index in [1.807, 2.05) is 32.8 Å². The lowest BCUT2D eigenvalue weighted by Gasteiger charge is -2.39. The van der Waals surface area contributed by atoms with Crippen molar-refractivity contribution >= 4 is 23.6 Å². The molecule has 43 heavy (non-hydrogen) atoms. The van der Waals surface area contributed by atoms with Crippen molar-refractivity contribution in [3.05, 3.63) is 0 Å². The number of likely N-dealkylation sites (N-methyl/N-ethyl adjacent to an activating group) is 2. The van der Waals surface area contributed by atoms with Gasteiger partial charge in [-0.15, -0.1) is 0 Å². The van der Waals surface area contributed by atoms with Gasteiger partial charge >= 0.3 is 0 Å². The summed E-state index contributed by atoms with van der Waals surface area (Å²) in [7, 11) is 8.70. The van der Waals surface area contributed by atoms with Gasteiger partial charge in [-0.2, -0.15) is 0 Å². The van der Waals surface area contributed by atoms with Crippen molar-refractivity contribution in [1.29, 1.82) is 0 Å². The molecular weight excluding hydrogens is 556 g/mol. The third kappa shape index (κ3) is 11.9. The predicted molar refractivity (Wildman–Crippen MR) is 165 cm³/mol. The minimum absolute atomic E-state index is 0.0806. The number of nitrogens with two attached hydrogens (primary N) is 1. The number of rotatable bonds is 20. The zero-order valence-electron chi connectivity index (χ0n) is 27.9. The molecule has 4 N–H and O–H groups in total. The molecule has 0 aromatic carbocycles. The van der Waals surface area contributed by atoms with Gasteiger partial charge in [-0.1, -0.05) is 27.2 Å². The van der Waals surface area contributed by atoms with Gasteiger partial charge in [0, 0.05) is 40.9 Å². The molecule has 0 aromatic heterocycles. The summed E-state index contributed by atoms with van der Waals surface area (Å²) < 4.78 is 17.1. The standard InChI is InChI=1S/C30H58N6O7/c1-10-20(2)27(35(7)26(38)19-31)24(41-8)18-25(37)36-14-11-12-23(36)28(42-9)21(3)29(39)33-22(4)30(40)32-13-16-43-17-15-34(5)6/h20-24,27-28H,10-19,31H2,1-9H3,(H,32,40)(H,33,39)/t20?,21?,22-,23?,24?,27?,28?/m0/s1. The molecule has 7 atom stereocenters. The van der Waals surface area contributed by atoms with Crippen LogP contribution in [0.1, 0.15) is 53.4 Å². The average molecular weight is 615 g/mol. The Balaban J connectivity index is 2.84. The molecule has 1 saturated heterocycles. The molecule has 0 saturated carbocycles. The van der Waals surface area contributed by atoms with E-state index >= 15 is 0 Å². The van der Waals surface area contributed by atoms with Gasteiger partial charge in [0.05, 0.1) is 56.4 Å². The zero-order valence-corrected chi connectivity index (χ0v) is 27.9. The second-order valence-electron chi connectivity index (χ2n) is 11.8. The lowest BCUT2D eigenvalue weighted by Crippen LogP contribution is -2.54. The summed E-state index contributed by atoms with van der Waals surface area (Å²) in [6.07, 6.45) is 1.24. The van der Waals surface area contributed by atoms with E-state index in [2.05, 4.69) is 10.6 Å². The lowest BCUT2D eigenvalue weighted by atomic mass is 9.90. The highest BCUT2D eigenvalue weighted by Gasteiger charge is 2.42. The van der Waals surface area contributed by atoms with Crippen molar-refractivity contribution in [2.75, 3.05) is 74.8 Å². The first-order valence-corrected chi connectivity index (χ1v) is 15.5. The van der Waals surface area contributed by atoms with Gasteiger partial charge < -0.3 is 45.3 Å². The summed E-state index contributed by atoms with van der Waals surface area (Å²) in [6.45, 7) is 9.95. The van der Waals surface area contributed by atoms with Crippen molar-refractivity contribution in [1.82, 2.24) is 25.3 Å². The van der Waals surface area contributed by atoms with Crippen molar-refractivity contribution in [2.45, 2.75) is 83.7 Å². The Bertz CT molecular complexity index is 876. The number of likely N-dealkylation sites (tertiary alicyclic amines) is 1. The average Bonchev–Trinajstić information content (AvgIpc) is 3.47. The molecule has 13 nitrogen and oxygen atoms in total. The molecule has 0 spiro atoms. The van der Waals surface area contributed by atoms with Crippen LogP contribution in [0.25, 0.3) is 0 Å². The van der Waals surface area contributed by atoms with Crippen molar-refractivity contribution < 1.29 is 33.4 Å². The normalized spacial score (nSPS) is 19.3. The highest BCUT2D eigenvalue weighted by Crippen LogP contribution is 2.29. The third-order valence-electron chi connectivity index (χ3n) is 8.46. The van der Waals surface area contributed by atoms with Crippen molar-refractivity contribution in [2.24, 2.45) is 17.6 Å². The summed E-state index contributed by atoms with van der Waals surface area (Å²) >= 11 is 0. The number of hydrogen-bond donors (Lipinski definition) is 3.